The molecule has 1 aliphatic rings. The molecule has 0 aromatic heterocycles. The molecule has 1 aromatic carbocycles. The number of hydrogen-bond acceptors (Lipinski definition) is 3. The fourth-order valence-electron chi connectivity index (χ4n) is 2.92. The van der Waals surface area contributed by atoms with Crippen molar-refractivity contribution in [1.29, 1.82) is 5.26 Å². The van der Waals surface area contributed by atoms with Crippen molar-refractivity contribution in [3.63, 3.8) is 0 Å². The molecule has 1 saturated carbocycles. The molecule has 0 spiro atoms. The fraction of sp³-hybridized carbons (Fsp3) is 0.556. The van der Waals surface area contributed by atoms with E-state index in [0.29, 0.717) is 24.9 Å². The van der Waals surface area contributed by atoms with Crippen molar-refractivity contribution >= 4 is 5.91 Å². The van der Waals surface area contributed by atoms with Gasteiger partial charge in [-0.1, -0.05) is 37.8 Å². The lowest BCUT2D eigenvalue weighted by atomic mass is 9.94. The first kappa shape index (κ1) is 16.5. The first-order chi connectivity index (χ1) is 10.6. The lowest BCUT2D eigenvalue weighted by Crippen LogP contribution is -2.42. The smallest absolute Gasteiger partial charge is 0.220 e. The predicted octanol–water partition coefficient (Wildman–Crippen LogP) is 2.69. The Bertz CT molecular complexity index is 523. The van der Waals surface area contributed by atoms with Crippen molar-refractivity contribution in [2.75, 3.05) is 6.54 Å². The highest BCUT2D eigenvalue weighted by Crippen LogP contribution is 2.26. The second-order valence-corrected chi connectivity index (χ2v) is 6.22. The van der Waals surface area contributed by atoms with Crippen LogP contribution < -0.4 is 5.32 Å². The number of amides is 1. The van der Waals surface area contributed by atoms with Gasteiger partial charge < -0.3 is 10.4 Å². The maximum absolute atomic E-state index is 11.9. The Kier molecular flexibility index (Phi) is 5.97. The van der Waals surface area contributed by atoms with E-state index in [1.807, 2.05) is 12.1 Å². The highest BCUT2D eigenvalue weighted by atomic mass is 16.3. The summed E-state index contributed by atoms with van der Waals surface area (Å²) in [7, 11) is 0. The van der Waals surface area contributed by atoms with Crippen LogP contribution in [0.4, 0.5) is 0 Å². The average molecular weight is 300 g/mol. The zero-order valence-electron chi connectivity index (χ0n) is 13.0. The van der Waals surface area contributed by atoms with Gasteiger partial charge in [0.1, 0.15) is 0 Å². The third-order valence-electron chi connectivity index (χ3n) is 4.37. The summed E-state index contributed by atoms with van der Waals surface area (Å²) in [5, 5.41) is 22.1. The predicted molar refractivity (Wildman–Crippen MR) is 85.1 cm³/mol. The van der Waals surface area contributed by atoms with Gasteiger partial charge in [-0.3, -0.25) is 4.79 Å². The summed E-state index contributed by atoms with van der Waals surface area (Å²) < 4.78 is 0. The zero-order valence-corrected chi connectivity index (χ0v) is 13.0. The molecule has 0 unspecified atom stereocenters. The van der Waals surface area contributed by atoms with Crippen LogP contribution in [0.15, 0.2) is 24.3 Å². The Labute approximate surface area is 132 Å². The van der Waals surface area contributed by atoms with E-state index in [1.54, 1.807) is 12.1 Å². The van der Waals surface area contributed by atoms with Gasteiger partial charge in [0, 0.05) is 13.0 Å². The number of carbonyl (C=O) groups is 1. The Morgan fingerprint density at radius 2 is 1.82 bits per heavy atom. The summed E-state index contributed by atoms with van der Waals surface area (Å²) >= 11 is 0. The number of nitriles is 1. The van der Waals surface area contributed by atoms with E-state index in [-0.39, 0.29) is 5.91 Å². The maximum Gasteiger partial charge on any atom is 0.220 e. The van der Waals surface area contributed by atoms with Crippen LogP contribution in [-0.4, -0.2) is 23.2 Å². The van der Waals surface area contributed by atoms with Crippen LogP contribution in [0.25, 0.3) is 0 Å². The molecule has 0 saturated heterocycles. The van der Waals surface area contributed by atoms with E-state index in [0.717, 1.165) is 31.2 Å². The zero-order chi connectivity index (χ0) is 15.8. The number of nitrogens with one attached hydrogen (secondary N) is 1. The van der Waals surface area contributed by atoms with Gasteiger partial charge in [0.15, 0.2) is 0 Å². The molecule has 22 heavy (non-hydrogen) atoms. The number of aliphatic hydroxyl groups is 1. The molecule has 0 atom stereocenters. The molecule has 1 aliphatic carbocycles. The van der Waals surface area contributed by atoms with Gasteiger partial charge in [0.2, 0.25) is 5.91 Å². The molecule has 0 bridgehead atoms. The Balaban J connectivity index is 1.74. The van der Waals surface area contributed by atoms with Crippen molar-refractivity contribution in [3.8, 4) is 6.07 Å². The van der Waals surface area contributed by atoms with E-state index in [2.05, 4.69) is 11.4 Å². The first-order valence-corrected chi connectivity index (χ1v) is 8.09. The third-order valence-corrected chi connectivity index (χ3v) is 4.37. The van der Waals surface area contributed by atoms with Crippen molar-refractivity contribution < 1.29 is 9.90 Å². The van der Waals surface area contributed by atoms with Crippen LogP contribution in [-0.2, 0) is 11.2 Å². The summed E-state index contributed by atoms with van der Waals surface area (Å²) in [5.74, 6) is -0.0259. The van der Waals surface area contributed by atoms with Crippen LogP contribution in [0.1, 0.15) is 56.1 Å². The van der Waals surface area contributed by atoms with E-state index >= 15 is 0 Å². The number of aryl methyl sites for hydroxylation is 1. The van der Waals surface area contributed by atoms with E-state index in [4.69, 9.17) is 5.26 Å². The molecule has 4 nitrogen and oxygen atoms in total. The van der Waals surface area contributed by atoms with E-state index in [1.165, 1.54) is 12.8 Å². The molecular weight excluding hydrogens is 276 g/mol. The van der Waals surface area contributed by atoms with E-state index < -0.39 is 5.60 Å². The van der Waals surface area contributed by atoms with Crippen molar-refractivity contribution in [1.82, 2.24) is 5.32 Å². The van der Waals surface area contributed by atoms with Gasteiger partial charge in [-0.2, -0.15) is 5.26 Å². The standard InChI is InChI=1S/C18H24N2O2/c19-13-16-7-5-15(6-8-16)9-10-17(21)20-14-18(22)11-3-1-2-4-12-18/h5-8,22H,1-4,9-12,14H2,(H,20,21). The average Bonchev–Trinajstić information content (AvgIpc) is 2.76. The highest BCUT2D eigenvalue weighted by Gasteiger charge is 2.28. The number of nitrogens with zero attached hydrogens (tertiary/aromatic N) is 1. The summed E-state index contributed by atoms with van der Waals surface area (Å²) in [6.45, 7) is 0.360. The van der Waals surface area contributed by atoms with Crippen molar-refractivity contribution in [2.45, 2.75) is 57.0 Å². The summed E-state index contributed by atoms with van der Waals surface area (Å²) in [6.07, 6.45) is 7.04. The van der Waals surface area contributed by atoms with Gasteiger partial charge in [-0.05, 0) is 37.0 Å². The van der Waals surface area contributed by atoms with Crippen LogP contribution in [0.5, 0.6) is 0 Å². The third kappa shape index (κ3) is 5.16. The lowest BCUT2D eigenvalue weighted by Gasteiger charge is -2.26. The number of benzene rings is 1. The summed E-state index contributed by atoms with van der Waals surface area (Å²) in [5.41, 5.74) is 0.951. The summed E-state index contributed by atoms with van der Waals surface area (Å²) in [6, 6.07) is 9.37. The maximum atomic E-state index is 11.9. The molecule has 4 heteroatoms. The molecule has 0 aliphatic heterocycles. The molecule has 118 valence electrons. The minimum Gasteiger partial charge on any atom is -0.388 e. The molecule has 1 amide bonds. The molecule has 0 heterocycles. The minimum absolute atomic E-state index is 0.0259. The van der Waals surface area contributed by atoms with Gasteiger partial charge in [-0.15, -0.1) is 0 Å². The summed E-state index contributed by atoms with van der Waals surface area (Å²) in [4.78, 5) is 11.9. The molecule has 1 aromatic rings. The second-order valence-electron chi connectivity index (χ2n) is 6.22. The first-order valence-electron chi connectivity index (χ1n) is 8.09. The quantitative estimate of drug-likeness (QED) is 0.821. The molecular formula is C18H24N2O2. The Morgan fingerprint density at radius 1 is 1.18 bits per heavy atom. The van der Waals surface area contributed by atoms with Crippen molar-refractivity contribution in [3.05, 3.63) is 35.4 Å². The molecule has 1 fully saturated rings. The van der Waals surface area contributed by atoms with Crippen LogP contribution in [0, 0.1) is 11.3 Å². The Hall–Kier alpha value is -1.86. The van der Waals surface area contributed by atoms with Gasteiger partial charge in [0.25, 0.3) is 0 Å². The topological polar surface area (TPSA) is 73.1 Å². The largest absolute Gasteiger partial charge is 0.388 e. The second kappa shape index (κ2) is 7.95. The van der Waals surface area contributed by atoms with Crippen LogP contribution in [0.2, 0.25) is 0 Å². The number of carbonyl (C=O) groups excluding carboxylic acids is 1. The highest BCUT2D eigenvalue weighted by molar-refractivity contribution is 5.76. The van der Waals surface area contributed by atoms with Crippen LogP contribution in [0.3, 0.4) is 0 Å². The van der Waals surface area contributed by atoms with Crippen LogP contribution >= 0.6 is 0 Å². The van der Waals surface area contributed by atoms with E-state index in [9.17, 15) is 9.90 Å². The van der Waals surface area contributed by atoms with Gasteiger partial charge >= 0.3 is 0 Å². The minimum atomic E-state index is -0.722. The monoisotopic (exact) mass is 300 g/mol. The van der Waals surface area contributed by atoms with Gasteiger partial charge in [0.05, 0.1) is 17.2 Å². The molecule has 2 N–H and O–H groups in total. The van der Waals surface area contributed by atoms with Gasteiger partial charge in [-0.25, -0.2) is 0 Å². The Morgan fingerprint density at radius 3 is 2.41 bits per heavy atom. The molecule has 2 rings (SSSR count). The SMILES string of the molecule is N#Cc1ccc(CCC(=O)NCC2(O)CCCCCC2)cc1. The molecule has 0 radical (unpaired) electrons. The van der Waals surface area contributed by atoms with Crippen molar-refractivity contribution in [2.24, 2.45) is 0 Å². The number of rotatable bonds is 5. The lowest BCUT2D eigenvalue weighted by molar-refractivity contribution is -0.122. The number of hydrogen-bond donors (Lipinski definition) is 2. The fourth-order valence-corrected chi connectivity index (χ4v) is 2.92. The normalized spacial score (nSPS) is 17.3.